The van der Waals surface area contributed by atoms with Crippen molar-refractivity contribution in [2.45, 2.75) is 19.3 Å². The van der Waals surface area contributed by atoms with Gasteiger partial charge in [0.05, 0.1) is 23.0 Å². The minimum absolute atomic E-state index is 0.108. The molecule has 0 bridgehead atoms. The van der Waals surface area contributed by atoms with Gasteiger partial charge in [-0.3, -0.25) is 10.1 Å². The van der Waals surface area contributed by atoms with Crippen molar-refractivity contribution in [3.05, 3.63) is 105 Å². The van der Waals surface area contributed by atoms with E-state index in [0.29, 0.717) is 29.0 Å². The van der Waals surface area contributed by atoms with Crippen LogP contribution in [0.15, 0.2) is 78.2 Å². The lowest BCUT2D eigenvalue weighted by Crippen LogP contribution is -2.21. The van der Waals surface area contributed by atoms with Crippen LogP contribution in [0.4, 0.5) is 5.69 Å². The van der Waals surface area contributed by atoms with Crippen LogP contribution in [-0.4, -0.2) is 17.5 Å². The second-order valence-electron chi connectivity index (χ2n) is 7.74. The molecule has 9 heteroatoms. The molecule has 0 amide bonds. The highest BCUT2D eigenvalue weighted by Crippen LogP contribution is 2.44. The molecule has 1 atom stereocenters. The van der Waals surface area contributed by atoms with E-state index >= 15 is 0 Å². The van der Waals surface area contributed by atoms with Gasteiger partial charge in [-0.2, -0.15) is 5.26 Å². The third-order valence-electron chi connectivity index (χ3n) is 5.38. The molecule has 1 heterocycles. The number of esters is 1. The number of fused-ring (bicyclic) bond motifs is 1. The Morgan fingerprint density at radius 2 is 1.89 bits per heavy atom. The fourth-order valence-corrected chi connectivity index (χ4v) is 3.73. The van der Waals surface area contributed by atoms with Gasteiger partial charge in [0.2, 0.25) is 5.88 Å². The van der Waals surface area contributed by atoms with Crippen LogP contribution in [0, 0.1) is 21.4 Å². The van der Waals surface area contributed by atoms with Crippen LogP contribution >= 0.6 is 0 Å². The quantitative estimate of drug-likeness (QED) is 0.224. The van der Waals surface area contributed by atoms with E-state index in [0.717, 1.165) is 6.42 Å². The van der Waals surface area contributed by atoms with E-state index in [1.54, 1.807) is 48.5 Å². The number of nitrogens with two attached hydrogens (primary N) is 1. The number of carbonyl (C=O) groups excluding carboxylic acids is 1. The van der Waals surface area contributed by atoms with Gasteiger partial charge in [0.15, 0.2) is 0 Å². The Kier molecular flexibility index (Phi) is 6.64. The van der Waals surface area contributed by atoms with E-state index in [2.05, 4.69) is 0 Å². The topological polar surface area (TPSA) is 138 Å². The number of nitriles is 1. The molecule has 0 aliphatic carbocycles. The first-order valence-electron chi connectivity index (χ1n) is 10.8. The van der Waals surface area contributed by atoms with Crippen LogP contribution in [0.2, 0.25) is 0 Å². The molecule has 1 unspecified atom stereocenters. The molecule has 176 valence electrons. The van der Waals surface area contributed by atoms with E-state index < -0.39 is 16.8 Å². The number of rotatable bonds is 7. The smallest absolute Gasteiger partial charge is 0.343 e. The van der Waals surface area contributed by atoms with Crippen molar-refractivity contribution < 1.29 is 23.9 Å². The summed E-state index contributed by atoms with van der Waals surface area (Å²) in [7, 11) is 0. The molecule has 0 saturated heterocycles. The van der Waals surface area contributed by atoms with Crippen molar-refractivity contribution >= 4 is 11.7 Å². The SMILES string of the molecule is CCCOc1ccc(C(=O)Oc2ccc3c(c2)OC(N)=C(C#N)C3c2cccc([N+](=O)[O-])c2)cc1. The Morgan fingerprint density at radius 3 is 2.57 bits per heavy atom. The number of benzene rings is 3. The highest BCUT2D eigenvalue weighted by molar-refractivity contribution is 5.91. The van der Waals surface area contributed by atoms with Crippen LogP contribution in [0.5, 0.6) is 17.2 Å². The maximum atomic E-state index is 12.6. The van der Waals surface area contributed by atoms with Gasteiger partial charge in [-0.1, -0.05) is 25.1 Å². The molecule has 9 nitrogen and oxygen atoms in total. The fraction of sp³-hybridized carbons (Fsp3) is 0.154. The van der Waals surface area contributed by atoms with Crippen LogP contribution in [0.3, 0.4) is 0 Å². The van der Waals surface area contributed by atoms with E-state index in [9.17, 15) is 20.2 Å². The highest BCUT2D eigenvalue weighted by Gasteiger charge is 2.32. The van der Waals surface area contributed by atoms with Crippen molar-refractivity contribution in [3.63, 3.8) is 0 Å². The molecular formula is C26H21N3O6. The Hall–Kier alpha value is -4.84. The molecule has 4 rings (SSSR count). The standard InChI is InChI=1S/C26H21N3O6/c1-2-12-33-19-8-6-16(7-9-19)26(30)34-20-10-11-21-23(14-20)35-25(28)22(15-27)24(21)17-4-3-5-18(13-17)29(31)32/h3-11,13-14,24H,2,12,28H2,1H3. The predicted octanol–water partition coefficient (Wildman–Crippen LogP) is 4.82. The first kappa shape index (κ1) is 23.3. The van der Waals surface area contributed by atoms with Gasteiger partial charge in [0, 0.05) is 23.8 Å². The van der Waals surface area contributed by atoms with E-state index in [1.807, 2.05) is 13.0 Å². The summed E-state index contributed by atoms with van der Waals surface area (Å²) in [6, 6.07) is 19.4. The molecule has 35 heavy (non-hydrogen) atoms. The number of nitro groups is 1. The molecule has 1 aliphatic heterocycles. The molecule has 0 radical (unpaired) electrons. The number of hydrogen-bond donors (Lipinski definition) is 1. The summed E-state index contributed by atoms with van der Waals surface area (Å²) in [5.74, 6) is -0.211. The zero-order chi connectivity index (χ0) is 24.9. The highest BCUT2D eigenvalue weighted by atomic mass is 16.6. The molecular weight excluding hydrogens is 450 g/mol. The van der Waals surface area contributed by atoms with E-state index in [1.165, 1.54) is 18.2 Å². The molecule has 2 N–H and O–H groups in total. The van der Waals surface area contributed by atoms with Gasteiger partial charge in [-0.05, 0) is 42.3 Å². The summed E-state index contributed by atoms with van der Waals surface area (Å²) < 4.78 is 16.7. The average molecular weight is 471 g/mol. The van der Waals surface area contributed by atoms with Crippen molar-refractivity contribution in [3.8, 4) is 23.3 Å². The monoisotopic (exact) mass is 471 g/mol. The Labute approximate surface area is 201 Å². The van der Waals surface area contributed by atoms with E-state index in [4.69, 9.17) is 19.9 Å². The summed E-state index contributed by atoms with van der Waals surface area (Å²) in [4.78, 5) is 23.4. The summed E-state index contributed by atoms with van der Waals surface area (Å²) in [6.45, 7) is 2.59. The van der Waals surface area contributed by atoms with Gasteiger partial charge in [-0.15, -0.1) is 0 Å². The molecule has 0 saturated carbocycles. The van der Waals surface area contributed by atoms with Crippen LogP contribution in [0.25, 0.3) is 0 Å². The summed E-state index contributed by atoms with van der Waals surface area (Å²) >= 11 is 0. The van der Waals surface area contributed by atoms with Crippen LogP contribution in [0.1, 0.15) is 40.7 Å². The van der Waals surface area contributed by atoms with Gasteiger partial charge in [-0.25, -0.2) is 4.79 Å². The Balaban J connectivity index is 1.61. The maximum absolute atomic E-state index is 12.6. The third kappa shape index (κ3) is 4.91. The van der Waals surface area contributed by atoms with Crippen molar-refractivity contribution in [2.75, 3.05) is 6.61 Å². The summed E-state index contributed by atoms with van der Waals surface area (Å²) in [5, 5.41) is 20.9. The second-order valence-corrected chi connectivity index (χ2v) is 7.74. The normalized spacial score (nSPS) is 14.3. The lowest BCUT2D eigenvalue weighted by atomic mass is 9.83. The molecule has 1 aliphatic rings. The van der Waals surface area contributed by atoms with Crippen molar-refractivity contribution in [1.82, 2.24) is 0 Å². The fourth-order valence-electron chi connectivity index (χ4n) is 3.73. The van der Waals surface area contributed by atoms with Crippen LogP contribution < -0.4 is 19.9 Å². The zero-order valence-electron chi connectivity index (χ0n) is 18.8. The van der Waals surface area contributed by atoms with E-state index in [-0.39, 0.29) is 28.6 Å². The number of ether oxygens (including phenoxy) is 3. The lowest BCUT2D eigenvalue weighted by molar-refractivity contribution is -0.384. The number of nitrogens with zero attached hydrogens (tertiary/aromatic N) is 2. The largest absolute Gasteiger partial charge is 0.494 e. The minimum atomic E-state index is -0.677. The average Bonchev–Trinajstić information content (AvgIpc) is 2.86. The van der Waals surface area contributed by atoms with Gasteiger partial charge in [0.1, 0.15) is 28.9 Å². The number of hydrogen-bond acceptors (Lipinski definition) is 8. The molecule has 0 spiro atoms. The first-order chi connectivity index (χ1) is 16.9. The summed E-state index contributed by atoms with van der Waals surface area (Å²) in [6.07, 6.45) is 0.877. The summed E-state index contributed by atoms with van der Waals surface area (Å²) in [5.41, 5.74) is 7.44. The number of carbonyl (C=O) groups is 1. The van der Waals surface area contributed by atoms with Gasteiger partial charge >= 0.3 is 5.97 Å². The number of non-ortho nitro benzene ring substituents is 1. The first-order valence-corrected chi connectivity index (χ1v) is 10.8. The van der Waals surface area contributed by atoms with Crippen molar-refractivity contribution in [1.29, 1.82) is 5.26 Å². The Morgan fingerprint density at radius 1 is 1.14 bits per heavy atom. The molecule has 0 aromatic heterocycles. The number of allylic oxidation sites excluding steroid dienone is 1. The molecule has 3 aromatic rings. The molecule has 3 aromatic carbocycles. The maximum Gasteiger partial charge on any atom is 0.343 e. The zero-order valence-corrected chi connectivity index (χ0v) is 18.8. The van der Waals surface area contributed by atoms with Gasteiger partial charge in [0.25, 0.3) is 5.69 Å². The second kappa shape index (κ2) is 9.97. The predicted molar refractivity (Wildman–Crippen MR) is 126 cm³/mol. The minimum Gasteiger partial charge on any atom is -0.494 e. The van der Waals surface area contributed by atoms with Crippen LogP contribution in [-0.2, 0) is 0 Å². The lowest BCUT2D eigenvalue weighted by Gasteiger charge is -2.26. The van der Waals surface area contributed by atoms with Gasteiger partial charge < -0.3 is 19.9 Å². The molecule has 0 fully saturated rings. The Bertz CT molecular complexity index is 1360. The number of nitro benzene ring substituents is 1. The van der Waals surface area contributed by atoms with Crippen molar-refractivity contribution in [2.24, 2.45) is 5.73 Å². The third-order valence-corrected chi connectivity index (χ3v) is 5.38.